The van der Waals surface area contributed by atoms with Crippen molar-refractivity contribution in [2.45, 2.75) is 12.2 Å². The second kappa shape index (κ2) is 5.48. The first-order valence-corrected chi connectivity index (χ1v) is 4.93. The van der Waals surface area contributed by atoms with E-state index in [2.05, 4.69) is 0 Å². The molecule has 0 aliphatic rings. The number of aldehydes is 1. The minimum absolute atomic E-state index is 0.00804. The lowest BCUT2D eigenvalue weighted by Crippen LogP contribution is -2.34. The van der Waals surface area contributed by atoms with Crippen molar-refractivity contribution in [3.8, 4) is 11.5 Å². The van der Waals surface area contributed by atoms with Crippen molar-refractivity contribution in [3.63, 3.8) is 0 Å². The maximum absolute atomic E-state index is 10.8. The molecule has 1 aromatic rings. The highest BCUT2D eigenvalue weighted by Gasteiger charge is 2.26. The first kappa shape index (κ1) is 13.9. The van der Waals surface area contributed by atoms with Crippen molar-refractivity contribution >= 4 is 12.2 Å². The minimum atomic E-state index is -1.86. The summed E-state index contributed by atoms with van der Waals surface area (Å²) in [6, 6.07) is 2.20. The van der Waals surface area contributed by atoms with Crippen molar-refractivity contribution in [2.24, 2.45) is 5.73 Å². The highest BCUT2D eigenvalue weighted by molar-refractivity contribution is 5.82. The van der Waals surface area contributed by atoms with Crippen LogP contribution in [0.15, 0.2) is 12.1 Å². The van der Waals surface area contributed by atoms with Crippen LogP contribution in [0.4, 0.5) is 0 Å². The van der Waals surface area contributed by atoms with Gasteiger partial charge in [0.05, 0.1) is 7.11 Å². The zero-order chi connectivity index (χ0) is 13.9. The summed E-state index contributed by atoms with van der Waals surface area (Å²) in [5.41, 5.74) is 4.70. The first-order chi connectivity index (χ1) is 8.42. The fourth-order valence-electron chi connectivity index (χ4n) is 1.45. The Morgan fingerprint density at radius 3 is 2.50 bits per heavy atom. The molecule has 1 aromatic carbocycles. The number of nitrogens with two attached hydrogens (primary N) is 1. The molecule has 7 heteroatoms. The van der Waals surface area contributed by atoms with Gasteiger partial charge >= 0.3 is 0 Å². The number of carbonyl (C=O) groups excluding carboxylic acids is 2. The van der Waals surface area contributed by atoms with E-state index >= 15 is 0 Å². The molecule has 2 atom stereocenters. The van der Waals surface area contributed by atoms with Gasteiger partial charge in [-0.2, -0.15) is 0 Å². The van der Waals surface area contributed by atoms with Crippen molar-refractivity contribution in [1.29, 1.82) is 0 Å². The lowest BCUT2D eigenvalue weighted by Gasteiger charge is -2.18. The number of hydrogen-bond donors (Lipinski definition) is 4. The van der Waals surface area contributed by atoms with Crippen LogP contribution >= 0.6 is 0 Å². The second-order valence-electron chi connectivity index (χ2n) is 3.56. The SMILES string of the molecule is COc1cc(C(O)C(O)C(N)=O)c(C=O)cc1O. The third-order valence-corrected chi connectivity index (χ3v) is 2.42. The molecule has 18 heavy (non-hydrogen) atoms. The number of rotatable bonds is 5. The minimum Gasteiger partial charge on any atom is -0.504 e. The average molecular weight is 255 g/mol. The van der Waals surface area contributed by atoms with Crippen LogP contribution in [0, 0.1) is 0 Å². The smallest absolute Gasteiger partial charge is 0.249 e. The molecule has 0 aromatic heterocycles. The van der Waals surface area contributed by atoms with Crippen LogP contribution in [-0.4, -0.2) is 40.7 Å². The van der Waals surface area contributed by atoms with E-state index in [-0.39, 0.29) is 22.6 Å². The van der Waals surface area contributed by atoms with E-state index in [4.69, 9.17) is 10.5 Å². The highest BCUT2D eigenvalue weighted by Crippen LogP contribution is 2.32. The number of aromatic hydroxyl groups is 1. The van der Waals surface area contributed by atoms with Gasteiger partial charge in [-0.05, 0) is 17.7 Å². The van der Waals surface area contributed by atoms with Crippen LogP contribution in [-0.2, 0) is 4.79 Å². The van der Waals surface area contributed by atoms with Crippen LogP contribution in [0.1, 0.15) is 22.0 Å². The Hall–Kier alpha value is -2.12. The number of primary amides is 1. The van der Waals surface area contributed by atoms with Gasteiger partial charge in [0, 0.05) is 5.56 Å². The predicted molar refractivity (Wildman–Crippen MR) is 60.2 cm³/mol. The number of methoxy groups -OCH3 is 1. The molecule has 2 unspecified atom stereocenters. The molecular formula is C11H13NO6. The van der Waals surface area contributed by atoms with Gasteiger partial charge in [0.1, 0.15) is 6.10 Å². The molecule has 0 saturated heterocycles. The number of phenolic OH excluding ortho intramolecular Hbond substituents is 1. The molecule has 98 valence electrons. The summed E-state index contributed by atoms with van der Waals surface area (Å²) in [5, 5.41) is 28.5. The molecule has 0 saturated carbocycles. The lowest BCUT2D eigenvalue weighted by molar-refractivity contribution is -0.132. The Morgan fingerprint density at radius 1 is 1.44 bits per heavy atom. The zero-order valence-electron chi connectivity index (χ0n) is 9.53. The van der Waals surface area contributed by atoms with Gasteiger partial charge in [0.15, 0.2) is 23.9 Å². The monoisotopic (exact) mass is 255 g/mol. The Kier molecular flexibility index (Phi) is 4.24. The summed E-state index contributed by atoms with van der Waals surface area (Å²) in [7, 11) is 1.27. The molecule has 0 aliphatic heterocycles. The largest absolute Gasteiger partial charge is 0.504 e. The Morgan fingerprint density at radius 2 is 2.06 bits per heavy atom. The van der Waals surface area contributed by atoms with Gasteiger partial charge in [0.2, 0.25) is 5.91 Å². The Bertz CT molecular complexity index is 473. The van der Waals surface area contributed by atoms with Crippen LogP contribution < -0.4 is 10.5 Å². The lowest BCUT2D eigenvalue weighted by atomic mass is 9.98. The summed E-state index contributed by atoms with van der Waals surface area (Å²) in [6.07, 6.45) is -3.18. The second-order valence-corrected chi connectivity index (χ2v) is 3.56. The third-order valence-electron chi connectivity index (χ3n) is 2.42. The quantitative estimate of drug-likeness (QED) is 0.504. The maximum Gasteiger partial charge on any atom is 0.249 e. The Labute approximate surface area is 102 Å². The number of hydrogen-bond acceptors (Lipinski definition) is 6. The topological polar surface area (TPSA) is 130 Å². The maximum atomic E-state index is 10.8. The fourth-order valence-corrected chi connectivity index (χ4v) is 1.45. The molecule has 0 fully saturated rings. The van der Waals surface area contributed by atoms with Crippen LogP contribution in [0.2, 0.25) is 0 Å². The van der Waals surface area contributed by atoms with Gasteiger partial charge in [0.25, 0.3) is 0 Å². The number of benzene rings is 1. The van der Waals surface area contributed by atoms with Crippen molar-refractivity contribution in [2.75, 3.05) is 7.11 Å². The van der Waals surface area contributed by atoms with Gasteiger partial charge in [-0.3, -0.25) is 9.59 Å². The summed E-state index contributed by atoms with van der Waals surface area (Å²) >= 11 is 0. The summed E-state index contributed by atoms with van der Waals surface area (Å²) in [4.78, 5) is 21.6. The fraction of sp³-hybridized carbons (Fsp3) is 0.273. The van der Waals surface area contributed by atoms with E-state index in [9.17, 15) is 24.9 Å². The molecule has 1 rings (SSSR count). The number of aliphatic hydroxyl groups is 2. The molecule has 0 bridgehead atoms. The standard InChI is InChI=1S/C11H13NO6/c1-18-8-3-6(5(4-13)2-7(8)14)9(15)10(16)11(12)17/h2-4,9-10,14-16H,1H3,(H2,12,17). The van der Waals surface area contributed by atoms with Crippen molar-refractivity contribution in [3.05, 3.63) is 23.3 Å². The number of carbonyl (C=O) groups is 2. The van der Waals surface area contributed by atoms with Crippen LogP contribution in [0.5, 0.6) is 11.5 Å². The molecule has 0 heterocycles. The molecule has 1 amide bonds. The Balaban J connectivity index is 3.29. The first-order valence-electron chi connectivity index (χ1n) is 4.93. The van der Waals surface area contributed by atoms with E-state index < -0.39 is 18.1 Å². The van der Waals surface area contributed by atoms with Crippen molar-refractivity contribution in [1.82, 2.24) is 0 Å². The van der Waals surface area contributed by atoms with Gasteiger partial charge in [-0.25, -0.2) is 0 Å². The third kappa shape index (κ3) is 2.58. The van der Waals surface area contributed by atoms with Crippen LogP contribution in [0.25, 0.3) is 0 Å². The number of aliphatic hydroxyl groups excluding tert-OH is 2. The van der Waals surface area contributed by atoms with Gasteiger partial charge in [-0.1, -0.05) is 0 Å². The number of phenols is 1. The molecule has 0 aliphatic carbocycles. The van der Waals surface area contributed by atoms with E-state index in [0.717, 1.165) is 12.1 Å². The average Bonchev–Trinajstić information content (AvgIpc) is 2.36. The van der Waals surface area contributed by atoms with E-state index in [0.29, 0.717) is 6.29 Å². The number of amides is 1. The summed E-state index contributed by atoms with van der Waals surface area (Å²) in [5.74, 6) is -1.44. The predicted octanol–water partition coefficient (Wildman–Crippen LogP) is -0.907. The van der Waals surface area contributed by atoms with E-state index in [1.54, 1.807) is 0 Å². The normalized spacial score (nSPS) is 13.7. The zero-order valence-corrected chi connectivity index (χ0v) is 9.53. The molecular weight excluding hydrogens is 242 g/mol. The van der Waals surface area contributed by atoms with Crippen molar-refractivity contribution < 1.29 is 29.6 Å². The molecule has 7 nitrogen and oxygen atoms in total. The molecule has 0 spiro atoms. The number of ether oxygens (including phenoxy) is 1. The van der Waals surface area contributed by atoms with Gasteiger partial charge in [-0.15, -0.1) is 0 Å². The highest BCUT2D eigenvalue weighted by atomic mass is 16.5. The summed E-state index contributed by atoms with van der Waals surface area (Å²) < 4.78 is 4.80. The van der Waals surface area contributed by atoms with Crippen LogP contribution in [0.3, 0.4) is 0 Å². The van der Waals surface area contributed by atoms with Gasteiger partial charge < -0.3 is 25.8 Å². The molecule has 0 radical (unpaired) electrons. The molecule has 5 N–H and O–H groups in total. The van der Waals surface area contributed by atoms with E-state index in [1.807, 2.05) is 0 Å². The summed E-state index contributed by atoms with van der Waals surface area (Å²) in [6.45, 7) is 0. The van der Waals surface area contributed by atoms with E-state index in [1.165, 1.54) is 7.11 Å².